The molecule has 0 amide bonds. The van der Waals surface area contributed by atoms with Crippen LogP contribution in [0.2, 0.25) is 0 Å². The van der Waals surface area contributed by atoms with Crippen LogP contribution in [0.4, 0.5) is 19.0 Å². The van der Waals surface area contributed by atoms with Crippen molar-refractivity contribution in [1.82, 2.24) is 19.9 Å². The summed E-state index contributed by atoms with van der Waals surface area (Å²) in [5.74, 6) is 0.228. The Morgan fingerprint density at radius 1 is 1.12 bits per heavy atom. The average Bonchev–Trinajstić information content (AvgIpc) is 3.75. The molecule has 8 rings (SSSR count). The summed E-state index contributed by atoms with van der Waals surface area (Å²) in [6, 6.07) is 6.51. The highest BCUT2D eigenvalue weighted by molar-refractivity contribution is 6.01. The van der Waals surface area contributed by atoms with Gasteiger partial charge in [-0.1, -0.05) is 13.0 Å². The number of methoxy groups -OCH3 is 1. The molecule has 4 fully saturated rings. The lowest BCUT2D eigenvalue weighted by Gasteiger charge is -2.34. The van der Waals surface area contributed by atoms with Crippen LogP contribution in [0.3, 0.4) is 0 Å². The van der Waals surface area contributed by atoms with Gasteiger partial charge in [-0.05, 0) is 91.1 Å². The molecule has 0 radical (unpaired) electrons. The number of ether oxygens (including phenoxy) is 3. The van der Waals surface area contributed by atoms with Gasteiger partial charge in [0.2, 0.25) is 0 Å². The number of benzene rings is 2. The summed E-state index contributed by atoms with van der Waals surface area (Å²) in [6.07, 6.45) is 6.32. The van der Waals surface area contributed by atoms with Crippen LogP contribution in [0.5, 0.6) is 11.8 Å². The second kappa shape index (κ2) is 12.7. The zero-order chi connectivity index (χ0) is 33.9. The second-order valence-corrected chi connectivity index (χ2v) is 14.1. The monoisotopic (exact) mass is 675 g/mol. The third-order valence-corrected chi connectivity index (χ3v) is 11.0. The molecule has 49 heavy (non-hydrogen) atoms. The molecule has 2 bridgehead atoms. The molecule has 1 saturated carbocycles. The minimum Gasteiger partial charge on any atom is -0.468 e. The van der Waals surface area contributed by atoms with Gasteiger partial charge < -0.3 is 24.2 Å². The first-order valence-corrected chi connectivity index (χ1v) is 17.1. The summed E-state index contributed by atoms with van der Waals surface area (Å²) in [7, 11) is 1.51. The van der Waals surface area contributed by atoms with Crippen LogP contribution in [0, 0.1) is 23.5 Å². The molecule has 2 aromatic carbocycles. The highest BCUT2D eigenvalue weighted by Gasteiger charge is 2.47. The standard InChI is InChI=1S/C37H40F3N5O4/c1-3-26-29(39)6-5-23-11-25(49-20-47-2)12-27(31(23)26)33-32(40)34-28(15-41-33)35(44-16-21-9-24(18-44)30(46)10-21)43-36(42-34)48-19-37-7-4-8-45(37)17-22(13-37)14-38/h5-6,11-12,14-15,21,24,30,46H,3-4,7-10,13,16-20H2,1-2H3/b22-14-/t21-,24-,30-,37+/m1/s1. The molecule has 3 saturated heterocycles. The van der Waals surface area contributed by atoms with E-state index in [1.165, 1.54) is 13.2 Å². The number of anilines is 1. The predicted octanol–water partition coefficient (Wildman–Crippen LogP) is 6.35. The molecule has 12 heteroatoms. The molecule has 4 aromatic rings. The highest BCUT2D eigenvalue weighted by atomic mass is 19.1. The van der Waals surface area contributed by atoms with Crippen molar-refractivity contribution in [2.75, 3.05) is 51.6 Å². The van der Waals surface area contributed by atoms with E-state index in [0.29, 0.717) is 83.6 Å². The van der Waals surface area contributed by atoms with Crippen molar-refractivity contribution >= 4 is 27.5 Å². The Bertz CT molecular complexity index is 1960. The van der Waals surface area contributed by atoms with Gasteiger partial charge in [-0.25, -0.2) is 13.2 Å². The number of halogens is 3. The number of pyridine rings is 1. The molecular weight excluding hydrogens is 635 g/mol. The van der Waals surface area contributed by atoms with Crippen LogP contribution >= 0.6 is 0 Å². The number of hydrogen-bond acceptors (Lipinski definition) is 9. The molecule has 0 unspecified atom stereocenters. The Morgan fingerprint density at radius 3 is 2.80 bits per heavy atom. The average molecular weight is 676 g/mol. The third kappa shape index (κ3) is 5.57. The summed E-state index contributed by atoms with van der Waals surface area (Å²) in [6.45, 7) is 4.72. The fourth-order valence-electron chi connectivity index (χ4n) is 8.80. The number of nitrogens with zero attached hydrogens (tertiary/aromatic N) is 5. The lowest BCUT2D eigenvalue weighted by atomic mass is 9.94. The van der Waals surface area contributed by atoms with Crippen LogP contribution in [0.1, 0.15) is 44.6 Å². The summed E-state index contributed by atoms with van der Waals surface area (Å²) >= 11 is 0. The number of piperidine rings is 1. The molecule has 5 heterocycles. The maximum absolute atomic E-state index is 17.1. The lowest BCUT2D eigenvalue weighted by Crippen LogP contribution is -2.43. The molecule has 1 aliphatic carbocycles. The van der Waals surface area contributed by atoms with Crippen LogP contribution in [-0.2, 0) is 11.2 Å². The fraction of sp³-hybridized carbons (Fsp3) is 0.486. The van der Waals surface area contributed by atoms with E-state index in [4.69, 9.17) is 19.2 Å². The molecule has 258 valence electrons. The van der Waals surface area contributed by atoms with E-state index in [1.54, 1.807) is 24.4 Å². The van der Waals surface area contributed by atoms with Crippen molar-refractivity contribution in [3.8, 4) is 23.0 Å². The van der Waals surface area contributed by atoms with E-state index in [-0.39, 0.29) is 54.0 Å². The minimum absolute atomic E-state index is 0.000479. The third-order valence-electron chi connectivity index (χ3n) is 11.0. The van der Waals surface area contributed by atoms with E-state index < -0.39 is 5.82 Å². The maximum atomic E-state index is 17.1. The Labute approximate surface area is 282 Å². The number of aromatic nitrogens is 3. The number of aryl methyl sites for hydroxylation is 1. The van der Waals surface area contributed by atoms with Gasteiger partial charge in [-0.2, -0.15) is 9.97 Å². The lowest BCUT2D eigenvalue weighted by molar-refractivity contribution is 0.0512. The largest absolute Gasteiger partial charge is 0.468 e. The zero-order valence-corrected chi connectivity index (χ0v) is 27.7. The molecule has 4 aliphatic rings. The summed E-state index contributed by atoms with van der Waals surface area (Å²) in [5.41, 5.74) is 1.22. The number of aliphatic hydroxyl groups is 1. The van der Waals surface area contributed by atoms with Crippen LogP contribution in [0.25, 0.3) is 32.9 Å². The highest BCUT2D eigenvalue weighted by Crippen LogP contribution is 2.44. The van der Waals surface area contributed by atoms with Gasteiger partial charge in [-0.15, -0.1) is 0 Å². The second-order valence-electron chi connectivity index (χ2n) is 14.1. The van der Waals surface area contributed by atoms with Gasteiger partial charge in [0, 0.05) is 44.4 Å². The van der Waals surface area contributed by atoms with Crippen molar-refractivity contribution in [3.63, 3.8) is 0 Å². The summed E-state index contributed by atoms with van der Waals surface area (Å²) in [4.78, 5) is 18.5. The van der Waals surface area contributed by atoms with E-state index in [2.05, 4.69) is 19.8 Å². The molecule has 9 nitrogen and oxygen atoms in total. The van der Waals surface area contributed by atoms with Crippen molar-refractivity contribution in [1.29, 1.82) is 0 Å². The van der Waals surface area contributed by atoms with Crippen molar-refractivity contribution in [2.24, 2.45) is 11.8 Å². The SMILES string of the molecule is CCc1c(F)ccc2cc(OCOC)cc(-c3ncc4c(N5C[C@@H]6C[C@H](C5)[C@H](O)C6)nc(OC[C@@]56CCCN5C/C(=C\F)C6)nc4c3F)c12. The molecule has 0 spiro atoms. The van der Waals surface area contributed by atoms with Crippen molar-refractivity contribution in [3.05, 3.63) is 59.6 Å². The van der Waals surface area contributed by atoms with E-state index in [1.807, 2.05) is 6.92 Å². The molecular formula is C37H40F3N5O4. The quantitative estimate of drug-likeness (QED) is 0.204. The van der Waals surface area contributed by atoms with E-state index >= 15 is 8.78 Å². The normalized spacial score (nSPS) is 26.0. The van der Waals surface area contributed by atoms with Crippen molar-refractivity contribution in [2.45, 2.75) is 57.1 Å². The van der Waals surface area contributed by atoms with E-state index in [0.717, 1.165) is 37.8 Å². The number of fused-ring (bicyclic) bond motifs is 5. The van der Waals surface area contributed by atoms with Crippen molar-refractivity contribution < 1.29 is 32.5 Å². The van der Waals surface area contributed by atoms with Crippen LogP contribution in [0.15, 0.2) is 42.4 Å². The van der Waals surface area contributed by atoms with Gasteiger partial charge in [0.05, 0.1) is 23.4 Å². The van der Waals surface area contributed by atoms with E-state index in [9.17, 15) is 9.50 Å². The Kier molecular flexibility index (Phi) is 8.36. The molecule has 3 aliphatic heterocycles. The first kappa shape index (κ1) is 32.2. The Morgan fingerprint density at radius 2 is 2.00 bits per heavy atom. The zero-order valence-electron chi connectivity index (χ0n) is 27.7. The van der Waals surface area contributed by atoms with Gasteiger partial charge >= 0.3 is 6.01 Å². The van der Waals surface area contributed by atoms with Gasteiger partial charge in [0.15, 0.2) is 12.6 Å². The predicted molar refractivity (Wildman–Crippen MR) is 179 cm³/mol. The first-order valence-electron chi connectivity index (χ1n) is 17.1. The maximum Gasteiger partial charge on any atom is 0.319 e. The number of aliphatic hydroxyl groups excluding tert-OH is 1. The minimum atomic E-state index is -0.688. The Balaban J connectivity index is 1.27. The molecule has 2 aromatic heterocycles. The topological polar surface area (TPSA) is 93.1 Å². The number of rotatable bonds is 9. The van der Waals surface area contributed by atoms with Gasteiger partial charge in [-0.3, -0.25) is 9.88 Å². The fourth-order valence-corrected chi connectivity index (χ4v) is 8.80. The molecule has 1 N–H and O–H groups in total. The first-order chi connectivity index (χ1) is 23.8. The molecule has 4 atom stereocenters. The number of hydrogen-bond donors (Lipinski definition) is 1. The van der Waals surface area contributed by atoms with Crippen LogP contribution < -0.4 is 14.4 Å². The summed E-state index contributed by atoms with van der Waals surface area (Å²) in [5, 5.41) is 12.3. The van der Waals surface area contributed by atoms with Gasteiger partial charge in [0.1, 0.15) is 35.2 Å². The Hall–Kier alpha value is -4.00. The smallest absolute Gasteiger partial charge is 0.319 e. The summed E-state index contributed by atoms with van der Waals surface area (Å²) < 4.78 is 63.1. The van der Waals surface area contributed by atoms with Crippen LogP contribution in [-0.4, -0.2) is 83.3 Å². The van der Waals surface area contributed by atoms with Gasteiger partial charge in [0.25, 0.3) is 0 Å².